The lowest BCUT2D eigenvalue weighted by molar-refractivity contribution is 0.487. The van der Waals surface area contributed by atoms with Gasteiger partial charge in [0.2, 0.25) is 0 Å². The number of nitrogens with one attached hydrogen (secondary N) is 1. The fourth-order valence-electron chi connectivity index (χ4n) is 2.09. The molecule has 0 radical (unpaired) electrons. The Labute approximate surface area is 126 Å². The number of rotatable bonds is 4. The maximum atomic E-state index is 12.0. The topological polar surface area (TPSA) is 76.7 Å². The largest absolute Gasteiger partial charge is 0.347 e. The van der Waals surface area contributed by atoms with Gasteiger partial charge in [0.05, 0.1) is 11.7 Å². The van der Waals surface area contributed by atoms with Gasteiger partial charge in [-0.1, -0.05) is 37.0 Å². The number of H-pyrrole nitrogens is 1. The molecule has 0 bridgehead atoms. The van der Waals surface area contributed by atoms with Crippen molar-refractivity contribution in [2.24, 2.45) is 11.7 Å². The van der Waals surface area contributed by atoms with Crippen LogP contribution in [0, 0.1) is 5.92 Å². The highest BCUT2D eigenvalue weighted by Gasteiger charge is 2.18. The fourth-order valence-corrected chi connectivity index (χ4v) is 2.60. The summed E-state index contributed by atoms with van der Waals surface area (Å²) < 4.78 is 1.41. The van der Waals surface area contributed by atoms with E-state index >= 15 is 0 Å². The van der Waals surface area contributed by atoms with Gasteiger partial charge in [0.1, 0.15) is 0 Å². The highest BCUT2D eigenvalue weighted by molar-refractivity contribution is 6.34. The van der Waals surface area contributed by atoms with Crippen LogP contribution in [0.2, 0.25) is 10.0 Å². The van der Waals surface area contributed by atoms with Crippen LogP contribution in [0.3, 0.4) is 0 Å². The molecule has 0 spiro atoms. The molecule has 1 heterocycles. The van der Waals surface area contributed by atoms with Gasteiger partial charge in [0.25, 0.3) is 0 Å². The molecule has 0 amide bonds. The van der Waals surface area contributed by atoms with Crippen molar-refractivity contribution in [3.63, 3.8) is 0 Å². The minimum atomic E-state index is -0.363. The van der Waals surface area contributed by atoms with Gasteiger partial charge in [-0.05, 0) is 30.5 Å². The summed E-state index contributed by atoms with van der Waals surface area (Å²) in [5, 5.41) is 7.34. The van der Waals surface area contributed by atoms with E-state index in [9.17, 15) is 4.79 Å². The van der Waals surface area contributed by atoms with Gasteiger partial charge >= 0.3 is 5.69 Å². The Hall–Kier alpha value is -1.30. The number of benzene rings is 1. The second-order valence-corrected chi connectivity index (χ2v) is 5.96. The highest BCUT2D eigenvalue weighted by Crippen LogP contribution is 2.24. The molecule has 7 heteroatoms. The number of halogens is 2. The number of aromatic amines is 1. The fraction of sp³-hybridized carbons (Fsp3) is 0.385. The molecule has 1 aromatic heterocycles. The third kappa shape index (κ3) is 3.23. The molecular formula is C13H16Cl2N4O. The van der Waals surface area contributed by atoms with Crippen LogP contribution >= 0.6 is 23.2 Å². The molecule has 3 N–H and O–H groups in total. The molecule has 0 unspecified atom stereocenters. The summed E-state index contributed by atoms with van der Waals surface area (Å²) in [6, 6.07) is 4.56. The summed E-state index contributed by atoms with van der Waals surface area (Å²) in [4.78, 5) is 12.0. The number of nitrogens with two attached hydrogens (primary N) is 1. The van der Waals surface area contributed by atoms with Crippen molar-refractivity contribution < 1.29 is 0 Å². The van der Waals surface area contributed by atoms with Crippen LogP contribution in [0.15, 0.2) is 23.0 Å². The van der Waals surface area contributed by atoms with Gasteiger partial charge < -0.3 is 5.73 Å². The van der Waals surface area contributed by atoms with Crippen molar-refractivity contribution in [3.8, 4) is 5.69 Å². The number of hydrogen-bond acceptors (Lipinski definition) is 3. The highest BCUT2D eigenvalue weighted by atomic mass is 35.5. The first-order valence-corrected chi connectivity index (χ1v) is 7.03. The zero-order valence-electron chi connectivity index (χ0n) is 11.2. The summed E-state index contributed by atoms with van der Waals surface area (Å²) in [6.45, 7) is 4.12. The maximum Gasteiger partial charge on any atom is 0.347 e. The first-order chi connectivity index (χ1) is 9.38. The van der Waals surface area contributed by atoms with E-state index in [1.165, 1.54) is 4.57 Å². The summed E-state index contributed by atoms with van der Waals surface area (Å²) in [7, 11) is 0. The predicted octanol–water partition coefficient (Wildman–Crippen LogP) is 2.91. The van der Waals surface area contributed by atoms with E-state index < -0.39 is 0 Å². The van der Waals surface area contributed by atoms with Gasteiger partial charge in [0.15, 0.2) is 5.82 Å². The molecule has 1 atom stereocenters. The summed E-state index contributed by atoms with van der Waals surface area (Å²) in [6.07, 6.45) is 0.721. The second-order valence-electron chi connectivity index (χ2n) is 5.09. The Morgan fingerprint density at radius 1 is 1.30 bits per heavy atom. The number of aromatic nitrogens is 3. The average Bonchev–Trinajstić information content (AvgIpc) is 2.68. The van der Waals surface area contributed by atoms with E-state index in [1.807, 2.05) is 0 Å². The molecule has 108 valence electrons. The van der Waals surface area contributed by atoms with E-state index in [1.54, 1.807) is 18.2 Å². The van der Waals surface area contributed by atoms with Crippen LogP contribution < -0.4 is 11.4 Å². The Morgan fingerprint density at radius 3 is 2.45 bits per heavy atom. The van der Waals surface area contributed by atoms with Crippen molar-refractivity contribution in [1.29, 1.82) is 0 Å². The quantitative estimate of drug-likeness (QED) is 0.911. The molecule has 20 heavy (non-hydrogen) atoms. The SMILES string of the molecule is CC(C)C[C@H](N)c1n[nH]c(=O)n1-c1cc(Cl)cc(Cl)c1. The van der Waals surface area contributed by atoms with Crippen LogP contribution in [0.4, 0.5) is 0 Å². The minimum Gasteiger partial charge on any atom is -0.321 e. The normalized spacial score (nSPS) is 12.9. The molecule has 2 rings (SSSR count). The molecule has 5 nitrogen and oxygen atoms in total. The van der Waals surface area contributed by atoms with Gasteiger partial charge in [-0.2, -0.15) is 5.10 Å². The maximum absolute atomic E-state index is 12.0. The van der Waals surface area contributed by atoms with Gasteiger partial charge in [0, 0.05) is 10.0 Å². The van der Waals surface area contributed by atoms with Crippen molar-refractivity contribution in [2.75, 3.05) is 0 Å². The zero-order chi connectivity index (χ0) is 14.9. The lowest BCUT2D eigenvalue weighted by Crippen LogP contribution is -2.23. The van der Waals surface area contributed by atoms with E-state index in [-0.39, 0.29) is 11.7 Å². The third-order valence-corrected chi connectivity index (χ3v) is 3.30. The molecule has 0 aliphatic rings. The first kappa shape index (κ1) is 15.1. The molecule has 0 aliphatic carbocycles. The van der Waals surface area contributed by atoms with E-state index in [2.05, 4.69) is 24.0 Å². The Morgan fingerprint density at radius 2 is 1.90 bits per heavy atom. The molecule has 2 aromatic rings. The van der Waals surface area contributed by atoms with Crippen molar-refractivity contribution >= 4 is 23.2 Å². The van der Waals surface area contributed by atoms with Crippen LogP contribution in [0.25, 0.3) is 5.69 Å². The van der Waals surface area contributed by atoms with E-state index in [0.717, 1.165) is 6.42 Å². The predicted molar refractivity (Wildman–Crippen MR) is 80.6 cm³/mol. The smallest absolute Gasteiger partial charge is 0.321 e. The van der Waals surface area contributed by atoms with Crippen LogP contribution in [0.5, 0.6) is 0 Å². The van der Waals surface area contributed by atoms with Gasteiger partial charge in [-0.25, -0.2) is 14.5 Å². The third-order valence-electron chi connectivity index (χ3n) is 2.86. The van der Waals surface area contributed by atoms with Crippen LogP contribution in [-0.2, 0) is 0 Å². The van der Waals surface area contributed by atoms with Gasteiger partial charge in [-0.3, -0.25) is 0 Å². The second kappa shape index (κ2) is 5.99. The van der Waals surface area contributed by atoms with Crippen LogP contribution in [-0.4, -0.2) is 14.8 Å². The lowest BCUT2D eigenvalue weighted by Gasteiger charge is -2.14. The zero-order valence-corrected chi connectivity index (χ0v) is 12.7. The Balaban J connectivity index is 2.51. The summed E-state index contributed by atoms with van der Waals surface area (Å²) in [5.74, 6) is 0.871. The van der Waals surface area contributed by atoms with Crippen molar-refractivity contribution in [2.45, 2.75) is 26.3 Å². The van der Waals surface area contributed by atoms with Crippen molar-refractivity contribution in [3.05, 3.63) is 44.6 Å². The van der Waals surface area contributed by atoms with E-state index in [4.69, 9.17) is 28.9 Å². The lowest BCUT2D eigenvalue weighted by atomic mass is 10.0. The Kier molecular flexibility index (Phi) is 4.52. The van der Waals surface area contributed by atoms with Gasteiger partial charge in [-0.15, -0.1) is 0 Å². The van der Waals surface area contributed by atoms with Crippen molar-refractivity contribution in [1.82, 2.24) is 14.8 Å². The monoisotopic (exact) mass is 314 g/mol. The standard InChI is InChI=1S/C13H16Cl2N4O/c1-7(2)3-11(16)12-17-18-13(20)19(12)10-5-8(14)4-9(15)6-10/h4-7,11H,3,16H2,1-2H3,(H,18,20)/t11-/m0/s1. The summed E-state index contributed by atoms with van der Waals surface area (Å²) >= 11 is 11.9. The molecular weight excluding hydrogens is 299 g/mol. The minimum absolute atomic E-state index is 0.341. The molecule has 0 saturated carbocycles. The molecule has 0 fully saturated rings. The molecule has 0 aliphatic heterocycles. The number of hydrogen-bond donors (Lipinski definition) is 2. The molecule has 1 aromatic carbocycles. The summed E-state index contributed by atoms with van der Waals surface area (Å²) in [5.41, 5.74) is 6.30. The first-order valence-electron chi connectivity index (χ1n) is 6.28. The average molecular weight is 315 g/mol. The van der Waals surface area contributed by atoms with Crippen LogP contribution in [0.1, 0.15) is 32.1 Å². The molecule has 0 saturated heterocycles. The van der Waals surface area contributed by atoms with E-state index in [0.29, 0.717) is 27.5 Å². The number of nitrogens with zero attached hydrogens (tertiary/aromatic N) is 2. The Bertz CT molecular complexity index is 642.